The molecule has 2 N–H and O–H groups in total. The van der Waals surface area contributed by atoms with E-state index in [9.17, 15) is 4.39 Å². The van der Waals surface area contributed by atoms with Crippen molar-refractivity contribution in [1.29, 1.82) is 0 Å². The Morgan fingerprint density at radius 2 is 2.17 bits per heavy atom. The van der Waals surface area contributed by atoms with Gasteiger partial charge >= 0.3 is 0 Å². The molecule has 1 aromatic heterocycles. The van der Waals surface area contributed by atoms with Crippen molar-refractivity contribution in [3.05, 3.63) is 34.8 Å². The Morgan fingerprint density at radius 1 is 1.44 bits per heavy atom. The highest BCUT2D eigenvalue weighted by atomic mass is 35.5. The number of hydrogen-bond donors (Lipinski definition) is 1. The molecule has 0 amide bonds. The Balaban J connectivity index is 2.20. The maximum atomic E-state index is 13.9. The summed E-state index contributed by atoms with van der Waals surface area (Å²) in [5, 5.41) is 4.07. The first kappa shape index (κ1) is 11.5. The third-order valence-corrected chi connectivity index (χ3v) is 3.72. The molecule has 0 spiro atoms. The molecule has 1 aliphatic carbocycles. The zero-order chi connectivity index (χ0) is 12.9. The molecule has 2 unspecified atom stereocenters. The Hall–Kier alpha value is -1.55. The highest BCUT2D eigenvalue weighted by Crippen LogP contribution is 2.52. The van der Waals surface area contributed by atoms with Crippen molar-refractivity contribution >= 4 is 17.4 Å². The van der Waals surface area contributed by atoms with E-state index in [-0.39, 0.29) is 17.3 Å². The SMILES string of the molecule is CC1CC1c1onc(N)c1-c1c(F)cccc1Cl. The molecular weight excluding hydrogens is 255 g/mol. The highest BCUT2D eigenvalue weighted by molar-refractivity contribution is 6.33. The lowest BCUT2D eigenvalue weighted by atomic mass is 10.0. The maximum Gasteiger partial charge on any atom is 0.175 e. The van der Waals surface area contributed by atoms with Gasteiger partial charge in [-0.25, -0.2) is 4.39 Å². The summed E-state index contributed by atoms with van der Waals surface area (Å²) in [7, 11) is 0. The standard InChI is InChI=1S/C13H12ClFN2O/c1-6-5-7(6)12-11(13(16)17-18-12)10-8(14)3-2-4-9(10)15/h2-4,6-7H,5H2,1H3,(H2,16,17). The topological polar surface area (TPSA) is 52.0 Å². The molecule has 94 valence electrons. The van der Waals surface area contributed by atoms with Gasteiger partial charge in [-0.1, -0.05) is 29.7 Å². The van der Waals surface area contributed by atoms with Gasteiger partial charge in [-0.3, -0.25) is 0 Å². The maximum absolute atomic E-state index is 13.9. The lowest BCUT2D eigenvalue weighted by molar-refractivity contribution is 0.384. The van der Waals surface area contributed by atoms with Crippen molar-refractivity contribution in [2.75, 3.05) is 5.73 Å². The Kier molecular flexibility index (Phi) is 2.55. The highest BCUT2D eigenvalue weighted by Gasteiger charge is 2.40. The van der Waals surface area contributed by atoms with E-state index >= 15 is 0 Å². The summed E-state index contributed by atoms with van der Waals surface area (Å²) in [6.45, 7) is 2.11. The molecular formula is C13H12ClFN2O. The molecule has 0 saturated heterocycles. The van der Waals surface area contributed by atoms with E-state index in [1.807, 2.05) is 0 Å². The van der Waals surface area contributed by atoms with Crippen molar-refractivity contribution in [2.45, 2.75) is 19.3 Å². The van der Waals surface area contributed by atoms with Crippen LogP contribution < -0.4 is 5.73 Å². The minimum Gasteiger partial charge on any atom is -0.380 e. The van der Waals surface area contributed by atoms with Crippen LogP contribution in [0.15, 0.2) is 22.7 Å². The number of benzene rings is 1. The van der Waals surface area contributed by atoms with Crippen molar-refractivity contribution in [1.82, 2.24) is 5.16 Å². The quantitative estimate of drug-likeness (QED) is 0.898. The molecule has 3 rings (SSSR count). The summed E-state index contributed by atoms with van der Waals surface area (Å²) in [6.07, 6.45) is 1.01. The van der Waals surface area contributed by atoms with Crippen LogP contribution in [0.3, 0.4) is 0 Å². The number of hydrogen-bond acceptors (Lipinski definition) is 3. The smallest absolute Gasteiger partial charge is 0.175 e. The van der Waals surface area contributed by atoms with E-state index in [1.54, 1.807) is 12.1 Å². The molecule has 5 heteroatoms. The van der Waals surface area contributed by atoms with Crippen LogP contribution >= 0.6 is 11.6 Å². The summed E-state index contributed by atoms with van der Waals surface area (Å²) >= 11 is 6.06. The molecule has 0 bridgehead atoms. The van der Waals surface area contributed by atoms with Gasteiger partial charge in [0.2, 0.25) is 0 Å². The van der Waals surface area contributed by atoms with Crippen molar-refractivity contribution in [3.8, 4) is 11.1 Å². The lowest BCUT2D eigenvalue weighted by Crippen LogP contribution is -1.94. The average Bonchev–Trinajstić information content (AvgIpc) is 2.92. The number of nitrogens with zero attached hydrogens (tertiary/aromatic N) is 1. The number of anilines is 1. The van der Waals surface area contributed by atoms with Crippen LogP contribution in [0.1, 0.15) is 25.0 Å². The Labute approximate surface area is 109 Å². The number of nitrogens with two attached hydrogens (primary N) is 1. The second-order valence-electron chi connectivity index (χ2n) is 4.72. The monoisotopic (exact) mass is 266 g/mol. The molecule has 1 heterocycles. The Morgan fingerprint density at radius 3 is 2.78 bits per heavy atom. The fourth-order valence-electron chi connectivity index (χ4n) is 2.24. The summed E-state index contributed by atoms with van der Waals surface area (Å²) in [5.41, 5.74) is 6.58. The average molecular weight is 267 g/mol. The van der Waals surface area contributed by atoms with Crippen LogP contribution in [0.4, 0.5) is 10.2 Å². The largest absolute Gasteiger partial charge is 0.380 e. The summed E-state index contributed by atoms with van der Waals surface area (Å²) in [5.74, 6) is 1.21. The summed E-state index contributed by atoms with van der Waals surface area (Å²) in [6, 6.07) is 4.55. The molecule has 3 nitrogen and oxygen atoms in total. The summed E-state index contributed by atoms with van der Waals surface area (Å²) < 4.78 is 19.2. The number of aromatic nitrogens is 1. The van der Waals surface area contributed by atoms with Gasteiger partial charge < -0.3 is 10.3 Å². The van der Waals surface area contributed by atoms with Gasteiger partial charge in [-0.05, 0) is 24.5 Å². The van der Waals surface area contributed by atoms with Crippen LogP contribution in [0.25, 0.3) is 11.1 Å². The van der Waals surface area contributed by atoms with E-state index in [0.717, 1.165) is 6.42 Å². The summed E-state index contributed by atoms with van der Waals surface area (Å²) in [4.78, 5) is 0. The second-order valence-corrected chi connectivity index (χ2v) is 5.13. The molecule has 2 aromatic rings. The molecule has 1 fully saturated rings. The van der Waals surface area contributed by atoms with E-state index in [0.29, 0.717) is 22.3 Å². The van der Waals surface area contributed by atoms with E-state index in [2.05, 4.69) is 12.1 Å². The third-order valence-electron chi connectivity index (χ3n) is 3.40. The van der Waals surface area contributed by atoms with Gasteiger partial charge in [0, 0.05) is 11.5 Å². The molecule has 1 aromatic carbocycles. The number of nitrogen functional groups attached to an aromatic ring is 1. The lowest BCUT2D eigenvalue weighted by Gasteiger charge is -2.05. The molecule has 0 radical (unpaired) electrons. The van der Waals surface area contributed by atoms with Crippen molar-refractivity contribution < 1.29 is 8.91 Å². The fraction of sp³-hybridized carbons (Fsp3) is 0.308. The van der Waals surface area contributed by atoms with E-state index < -0.39 is 5.82 Å². The van der Waals surface area contributed by atoms with Crippen LogP contribution in [0.2, 0.25) is 5.02 Å². The zero-order valence-electron chi connectivity index (χ0n) is 9.78. The van der Waals surface area contributed by atoms with Gasteiger partial charge in [0.1, 0.15) is 11.6 Å². The normalized spacial score (nSPS) is 22.2. The fourth-order valence-corrected chi connectivity index (χ4v) is 2.50. The van der Waals surface area contributed by atoms with Crippen LogP contribution in [-0.4, -0.2) is 5.16 Å². The van der Waals surface area contributed by atoms with Gasteiger partial charge in [0.25, 0.3) is 0 Å². The zero-order valence-corrected chi connectivity index (χ0v) is 10.5. The molecule has 1 aliphatic rings. The molecule has 1 saturated carbocycles. The van der Waals surface area contributed by atoms with Gasteiger partial charge in [-0.2, -0.15) is 0 Å². The number of halogens is 2. The first-order chi connectivity index (χ1) is 8.59. The molecule has 0 aliphatic heterocycles. The van der Waals surface area contributed by atoms with Gasteiger partial charge in [-0.15, -0.1) is 0 Å². The first-order valence-electron chi connectivity index (χ1n) is 5.79. The Bertz CT molecular complexity index is 591. The van der Waals surface area contributed by atoms with Gasteiger partial charge in [0.05, 0.1) is 10.6 Å². The predicted molar refractivity (Wildman–Crippen MR) is 67.8 cm³/mol. The van der Waals surface area contributed by atoms with Crippen molar-refractivity contribution in [2.24, 2.45) is 5.92 Å². The van der Waals surface area contributed by atoms with Gasteiger partial charge in [0.15, 0.2) is 5.82 Å². The van der Waals surface area contributed by atoms with Crippen molar-refractivity contribution in [3.63, 3.8) is 0 Å². The van der Waals surface area contributed by atoms with E-state index in [1.165, 1.54) is 6.07 Å². The minimum absolute atomic E-state index is 0.191. The predicted octanol–water partition coefficient (Wildman–Crippen LogP) is 3.84. The van der Waals surface area contributed by atoms with Crippen LogP contribution in [0.5, 0.6) is 0 Å². The van der Waals surface area contributed by atoms with Crippen LogP contribution in [0, 0.1) is 11.7 Å². The second kappa shape index (κ2) is 3.99. The first-order valence-corrected chi connectivity index (χ1v) is 6.16. The third kappa shape index (κ3) is 1.68. The number of rotatable bonds is 2. The van der Waals surface area contributed by atoms with Crippen LogP contribution in [-0.2, 0) is 0 Å². The minimum atomic E-state index is -0.410. The molecule has 2 atom stereocenters. The molecule has 18 heavy (non-hydrogen) atoms. The van der Waals surface area contributed by atoms with E-state index in [4.69, 9.17) is 21.9 Å².